The Kier molecular flexibility index (Phi) is 3.39. The molecule has 0 aromatic carbocycles. The Bertz CT molecular complexity index is 398. The van der Waals surface area contributed by atoms with E-state index >= 15 is 0 Å². The van der Waals surface area contributed by atoms with Crippen LogP contribution in [0.4, 0.5) is 0 Å². The highest BCUT2D eigenvalue weighted by atomic mass is 16.1. The van der Waals surface area contributed by atoms with Crippen molar-refractivity contribution in [1.82, 2.24) is 5.32 Å². The first-order chi connectivity index (χ1) is 9.34. The number of fused-ring (bicyclic) bond motifs is 2. The van der Waals surface area contributed by atoms with Gasteiger partial charge in [0.25, 0.3) is 0 Å². The van der Waals surface area contributed by atoms with Crippen molar-refractivity contribution in [3.63, 3.8) is 0 Å². The van der Waals surface area contributed by atoms with Crippen LogP contribution >= 0.6 is 0 Å². The monoisotopic (exact) mass is 278 g/mol. The lowest BCUT2D eigenvalue weighted by Crippen LogP contribution is -2.49. The summed E-state index contributed by atoms with van der Waals surface area (Å²) in [6.07, 6.45) is 8.32. The molecular formula is C17H30N2O. The minimum atomic E-state index is -0.100. The van der Waals surface area contributed by atoms with Gasteiger partial charge in [-0.05, 0) is 61.7 Å². The van der Waals surface area contributed by atoms with Crippen LogP contribution in [-0.2, 0) is 4.79 Å². The molecule has 0 aromatic heterocycles. The van der Waals surface area contributed by atoms with Crippen LogP contribution in [-0.4, -0.2) is 18.0 Å². The highest BCUT2D eigenvalue weighted by Crippen LogP contribution is 2.65. The first kappa shape index (κ1) is 14.4. The molecule has 0 heterocycles. The lowest BCUT2D eigenvalue weighted by atomic mass is 9.69. The molecule has 3 aliphatic rings. The number of hydrogen-bond donors (Lipinski definition) is 2. The molecule has 3 nitrogen and oxygen atoms in total. The van der Waals surface area contributed by atoms with Crippen molar-refractivity contribution in [2.45, 2.75) is 77.8 Å². The Morgan fingerprint density at radius 2 is 1.75 bits per heavy atom. The molecule has 0 radical (unpaired) electrons. The summed E-state index contributed by atoms with van der Waals surface area (Å²) in [6, 6.07) is 1.27. The summed E-state index contributed by atoms with van der Waals surface area (Å²) in [7, 11) is 0. The molecule has 0 aliphatic heterocycles. The average molecular weight is 278 g/mol. The van der Waals surface area contributed by atoms with Gasteiger partial charge in [-0.3, -0.25) is 4.79 Å². The molecule has 3 unspecified atom stereocenters. The van der Waals surface area contributed by atoms with Gasteiger partial charge in [-0.15, -0.1) is 0 Å². The highest BCUT2D eigenvalue weighted by Gasteiger charge is 2.61. The van der Waals surface area contributed by atoms with Gasteiger partial charge in [-0.2, -0.15) is 0 Å². The molecule has 3 saturated carbocycles. The van der Waals surface area contributed by atoms with E-state index in [2.05, 4.69) is 26.1 Å². The summed E-state index contributed by atoms with van der Waals surface area (Å²) in [5.41, 5.74) is 6.36. The highest BCUT2D eigenvalue weighted by molar-refractivity contribution is 5.76. The van der Waals surface area contributed by atoms with Crippen molar-refractivity contribution < 1.29 is 4.79 Å². The number of carbonyl (C=O) groups excluding carboxylic acids is 1. The lowest BCUT2D eigenvalue weighted by Gasteiger charge is -2.42. The molecule has 1 amide bonds. The van der Waals surface area contributed by atoms with Crippen LogP contribution in [0.5, 0.6) is 0 Å². The van der Waals surface area contributed by atoms with Crippen molar-refractivity contribution in [2.75, 3.05) is 0 Å². The molecule has 0 aromatic rings. The summed E-state index contributed by atoms with van der Waals surface area (Å²) in [5.74, 6) is 0.920. The van der Waals surface area contributed by atoms with Gasteiger partial charge < -0.3 is 11.1 Å². The molecule has 0 saturated heterocycles. The Balaban J connectivity index is 1.59. The fraction of sp³-hybridized carbons (Fsp3) is 0.941. The third kappa shape index (κ3) is 2.01. The van der Waals surface area contributed by atoms with Crippen LogP contribution in [0, 0.1) is 22.7 Å². The lowest BCUT2D eigenvalue weighted by molar-refractivity contribution is -0.122. The topological polar surface area (TPSA) is 55.1 Å². The Morgan fingerprint density at radius 3 is 2.20 bits per heavy atom. The number of hydrogen-bond acceptors (Lipinski definition) is 2. The van der Waals surface area contributed by atoms with Gasteiger partial charge in [-0.1, -0.05) is 20.8 Å². The van der Waals surface area contributed by atoms with Crippen molar-refractivity contribution in [3.8, 4) is 0 Å². The van der Waals surface area contributed by atoms with E-state index in [9.17, 15) is 4.79 Å². The molecule has 3 aliphatic carbocycles. The summed E-state index contributed by atoms with van der Waals surface area (Å²) in [6.45, 7) is 7.43. The number of amides is 1. The van der Waals surface area contributed by atoms with E-state index in [-0.39, 0.29) is 11.8 Å². The fourth-order valence-corrected chi connectivity index (χ4v) is 5.28. The molecule has 3 atom stereocenters. The molecule has 2 bridgehead atoms. The molecule has 114 valence electrons. The third-order valence-corrected chi connectivity index (χ3v) is 7.36. The third-order valence-electron chi connectivity index (χ3n) is 7.36. The van der Waals surface area contributed by atoms with Crippen LogP contribution in [0.3, 0.4) is 0 Å². The molecule has 0 spiro atoms. The van der Waals surface area contributed by atoms with Gasteiger partial charge in [0.1, 0.15) is 0 Å². The maximum atomic E-state index is 11.2. The summed E-state index contributed by atoms with van der Waals surface area (Å²) < 4.78 is 0. The number of rotatable bonds is 3. The standard InChI is InChI=1S/C17H30N2O/c1-16(2)12-8-9-17(16,3)14(10-12)19-13-6-4-11(5-7-13)15(18)20/h11-14,19H,4-10H2,1-3H3,(H2,18,20). The summed E-state index contributed by atoms with van der Waals surface area (Å²) in [5, 5.41) is 3.95. The zero-order chi connectivity index (χ0) is 14.5. The number of nitrogens with one attached hydrogen (secondary N) is 1. The average Bonchev–Trinajstić information content (AvgIpc) is 2.72. The van der Waals surface area contributed by atoms with Crippen LogP contribution < -0.4 is 11.1 Å². The molecular weight excluding hydrogens is 248 g/mol. The van der Waals surface area contributed by atoms with E-state index in [1.54, 1.807) is 0 Å². The predicted molar refractivity (Wildman–Crippen MR) is 81.1 cm³/mol. The summed E-state index contributed by atoms with van der Waals surface area (Å²) in [4.78, 5) is 11.2. The van der Waals surface area contributed by atoms with Crippen LogP contribution in [0.15, 0.2) is 0 Å². The number of primary amides is 1. The first-order valence-electron chi connectivity index (χ1n) is 8.40. The Morgan fingerprint density at radius 1 is 1.10 bits per heavy atom. The minimum absolute atomic E-state index is 0.100. The predicted octanol–water partition coefficient (Wildman–Crippen LogP) is 2.83. The normalized spacial score (nSPS) is 46.5. The second-order valence-corrected chi connectivity index (χ2v) is 8.28. The van der Waals surface area contributed by atoms with Gasteiger partial charge in [0, 0.05) is 18.0 Å². The number of carbonyl (C=O) groups is 1. The van der Waals surface area contributed by atoms with Crippen molar-refractivity contribution in [1.29, 1.82) is 0 Å². The van der Waals surface area contributed by atoms with Crippen molar-refractivity contribution in [2.24, 2.45) is 28.4 Å². The fourth-order valence-electron chi connectivity index (χ4n) is 5.28. The number of nitrogens with two attached hydrogens (primary N) is 1. The smallest absolute Gasteiger partial charge is 0.220 e. The molecule has 20 heavy (non-hydrogen) atoms. The zero-order valence-electron chi connectivity index (χ0n) is 13.2. The summed E-state index contributed by atoms with van der Waals surface area (Å²) >= 11 is 0. The van der Waals surface area contributed by atoms with E-state index in [0.29, 0.717) is 22.9 Å². The van der Waals surface area contributed by atoms with Crippen LogP contribution in [0.1, 0.15) is 65.7 Å². The van der Waals surface area contributed by atoms with Gasteiger partial charge in [0.05, 0.1) is 0 Å². The molecule has 3 heteroatoms. The van der Waals surface area contributed by atoms with Gasteiger partial charge in [-0.25, -0.2) is 0 Å². The van der Waals surface area contributed by atoms with E-state index in [1.807, 2.05) is 0 Å². The molecule has 3 N–H and O–H groups in total. The zero-order valence-corrected chi connectivity index (χ0v) is 13.2. The minimum Gasteiger partial charge on any atom is -0.369 e. The second kappa shape index (κ2) is 4.72. The molecule has 3 rings (SSSR count). The first-order valence-corrected chi connectivity index (χ1v) is 8.40. The van der Waals surface area contributed by atoms with E-state index in [0.717, 1.165) is 31.6 Å². The quantitative estimate of drug-likeness (QED) is 0.834. The van der Waals surface area contributed by atoms with E-state index < -0.39 is 0 Å². The maximum absolute atomic E-state index is 11.2. The largest absolute Gasteiger partial charge is 0.369 e. The maximum Gasteiger partial charge on any atom is 0.220 e. The van der Waals surface area contributed by atoms with E-state index in [4.69, 9.17) is 5.73 Å². The molecule has 3 fully saturated rings. The van der Waals surface area contributed by atoms with Gasteiger partial charge in [0.15, 0.2) is 0 Å². The van der Waals surface area contributed by atoms with E-state index in [1.165, 1.54) is 19.3 Å². The van der Waals surface area contributed by atoms with Crippen molar-refractivity contribution >= 4 is 5.91 Å². The second-order valence-electron chi connectivity index (χ2n) is 8.28. The van der Waals surface area contributed by atoms with Crippen molar-refractivity contribution in [3.05, 3.63) is 0 Å². The SMILES string of the molecule is CC1(C)C2CCC1(C)C(NC1CCC(C(N)=O)CC1)C2. The van der Waals surface area contributed by atoms with Gasteiger partial charge in [0.2, 0.25) is 5.91 Å². The Hall–Kier alpha value is -0.570. The Labute approximate surface area is 123 Å². The van der Waals surface area contributed by atoms with Crippen LogP contribution in [0.25, 0.3) is 0 Å². The van der Waals surface area contributed by atoms with Gasteiger partial charge >= 0.3 is 0 Å². The van der Waals surface area contributed by atoms with Crippen LogP contribution in [0.2, 0.25) is 0 Å².